The number of ether oxygens (including phenoxy) is 1. The number of aliphatic hydroxyl groups excluding tert-OH is 1. The standard InChI is InChI=1S/C15H20N4O4/c20-12-9-18(8-11(12)19-3-6-21-7-4-19)10-14-16-15(17-23-14)13-2-1-5-22-13/h1-2,5,11-12,20H,3-4,6-10H2/t11-,12-/m1/s1. The van der Waals surface area contributed by atoms with Crippen LogP contribution in [-0.2, 0) is 11.3 Å². The van der Waals surface area contributed by atoms with Gasteiger partial charge in [0, 0.05) is 32.2 Å². The maximum atomic E-state index is 10.3. The van der Waals surface area contributed by atoms with Crippen LogP contribution in [0.25, 0.3) is 11.6 Å². The van der Waals surface area contributed by atoms with E-state index in [0.717, 1.165) is 32.8 Å². The minimum atomic E-state index is -0.361. The number of nitrogens with zero attached hydrogens (tertiary/aromatic N) is 4. The summed E-state index contributed by atoms with van der Waals surface area (Å²) < 4.78 is 15.9. The highest BCUT2D eigenvalue weighted by Gasteiger charge is 2.36. The van der Waals surface area contributed by atoms with Gasteiger partial charge in [-0.3, -0.25) is 9.80 Å². The van der Waals surface area contributed by atoms with Crippen molar-refractivity contribution in [3.05, 3.63) is 24.3 Å². The van der Waals surface area contributed by atoms with E-state index in [-0.39, 0.29) is 12.1 Å². The van der Waals surface area contributed by atoms with Crippen LogP contribution in [-0.4, -0.2) is 76.6 Å². The van der Waals surface area contributed by atoms with Crippen LogP contribution in [0.1, 0.15) is 5.89 Å². The van der Waals surface area contributed by atoms with Crippen LogP contribution in [0.15, 0.2) is 27.3 Å². The van der Waals surface area contributed by atoms with E-state index in [4.69, 9.17) is 13.7 Å². The molecule has 2 aliphatic heterocycles. The van der Waals surface area contributed by atoms with Crippen LogP contribution in [0.3, 0.4) is 0 Å². The molecule has 2 aromatic heterocycles. The van der Waals surface area contributed by atoms with Crippen LogP contribution in [0.4, 0.5) is 0 Å². The van der Waals surface area contributed by atoms with Crippen LogP contribution in [0.5, 0.6) is 0 Å². The molecule has 0 radical (unpaired) electrons. The van der Waals surface area contributed by atoms with E-state index in [1.54, 1.807) is 18.4 Å². The Hall–Kier alpha value is -1.74. The molecule has 2 atom stereocenters. The second-order valence-electron chi connectivity index (χ2n) is 5.97. The summed E-state index contributed by atoms with van der Waals surface area (Å²) in [4.78, 5) is 8.80. The minimum absolute atomic E-state index is 0.145. The average Bonchev–Trinajstić information content (AvgIpc) is 3.29. The summed E-state index contributed by atoms with van der Waals surface area (Å²) in [6.07, 6.45) is 1.22. The molecule has 2 aromatic rings. The highest BCUT2D eigenvalue weighted by Crippen LogP contribution is 2.21. The van der Waals surface area contributed by atoms with Gasteiger partial charge in [0.15, 0.2) is 5.76 Å². The van der Waals surface area contributed by atoms with E-state index in [2.05, 4.69) is 19.9 Å². The van der Waals surface area contributed by atoms with Crippen molar-refractivity contribution >= 4 is 0 Å². The van der Waals surface area contributed by atoms with Crippen molar-refractivity contribution in [2.24, 2.45) is 0 Å². The molecule has 0 bridgehead atoms. The Morgan fingerprint density at radius 1 is 1.26 bits per heavy atom. The molecule has 0 saturated carbocycles. The third-order valence-electron chi connectivity index (χ3n) is 4.42. The number of aromatic nitrogens is 2. The minimum Gasteiger partial charge on any atom is -0.461 e. The normalized spacial score (nSPS) is 26.8. The Morgan fingerprint density at radius 2 is 2.13 bits per heavy atom. The van der Waals surface area contributed by atoms with Crippen molar-refractivity contribution in [1.82, 2.24) is 19.9 Å². The SMILES string of the molecule is O[C@@H]1CN(Cc2nc(-c3ccco3)no2)C[C@H]1N1CCOCC1. The zero-order valence-corrected chi connectivity index (χ0v) is 12.8. The number of aliphatic hydroxyl groups is 1. The predicted octanol–water partition coefficient (Wildman–Crippen LogP) is 0.207. The van der Waals surface area contributed by atoms with Gasteiger partial charge in [-0.05, 0) is 12.1 Å². The number of hydrogen-bond donors (Lipinski definition) is 1. The van der Waals surface area contributed by atoms with Crippen molar-refractivity contribution in [3.63, 3.8) is 0 Å². The van der Waals surface area contributed by atoms with Gasteiger partial charge in [-0.25, -0.2) is 0 Å². The van der Waals surface area contributed by atoms with E-state index in [9.17, 15) is 5.11 Å². The third kappa shape index (κ3) is 3.16. The first-order valence-corrected chi connectivity index (χ1v) is 7.88. The number of rotatable bonds is 4. The van der Waals surface area contributed by atoms with Crippen LogP contribution in [0.2, 0.25) is 0 Å². The van der Waals surface area contributed by atoms with Crippen molar-refractivity contribution in [1.29, 1.82) is 0 Å². The Balaban J connectivity index is 1.38. The highest BCUT2D eigenvalue weighted by molar-refractivity contribution is 5.44. The fraction of sp³-hybridized carbons (Fsp3) is 0.600. The topological polar surface area (TPSA) is 88.0 Å². The van der Waals surface area contributed by atoms with Gasteiger partial charge in [0.05, 0.1) is 32.1 Å². The second-order valence-corrected chi connectivity index (χ2v) is 5.97. The monoisotopic (exact) mass is 320 g/mol. The molecule has 2 fully saturated rings. The molecule has 8 heteroatoms. The van der Waals surface area contributed by atoms with E-state index in [1.807, 2.05) is 0 Å². The summed E-state index contributed by atoms with van der Waals surface area (Å²) in [6.45, 7) is 5.15. The van der Waals surface area contributed by atoms with Gasteiger partial charge in [-0.2, -0.15) is 4.98 Å². The second kappa shape index (κ2) is 6.40. The zero-order chi connectivity index (χ0) is 15.6. The molecule has 0 aromatic carbocycles. The molecule has 2 aliphatic rings. The Labute approximate surface area is 133 Å². The summed E-state index contributed by atoms with van der Waals surface area (Å²) in [5, 5.41) is 14.3. The Bertz CT molecular complexity index is 623. The van der Waals surface area contributed by atoms with Gasteiger partial charge in [0.2, 0.25) is 11.7 Å². The molecule has 0 aliphatic carbocycles. The van der Waals surface area contributed by atoms with Crippen molar-refractivity contribution < 1.29 is 18.8 Å². The number of furan rings is 1. The quantitative estimate of drug-likeness (QED) is 0.855. The molecule has 23 heavy (non-hydrogen) atoms. The van der Waals surface area contributed by atoms with Gasteiger partial charge in [-0.15, -0.1) is 0 Å². The number of morpholine rings is 1. The van der Waals surface area contributed by atoms with Gasteiger partial charge in [0.1, 0.15) is 0 Å². The van der Waals surface area contributed by atoms with E-state index >= 15 is 0 Å². The van der Waals surface area contributed by atoms with Gasteiger partial charge in [0.25, 0.3) is 0 Å². The lowest BCUT2D eigenvalue weighted by atomic mass is 10.2. The molecular formula is C15H20N4O4. The first kappa shape index (κ1) is 14.8. The lowest BCUT2D eigenvalue weighted by Crippen LogP contribution is -2.48. The molecule has 0 spiro atoms. The van der Waals surface area contributed by atoms with Crippen molar-refractivity contribution in [3.8, 4) is 11.6 Å². The van der Waals surface area contributed by atoms with E-state index < -0.39 is 0 Å². The zero-order valence-electron chi connectivity index (χ0n) is 12.8. The third-order valence-corrected chi connectivity index (χ3v) is 4.42. The molecule has 2 saturated heterocycles. The summed E-state index contributed by atoms with van der Waals surface area (Å²) >= 11 is 0. The summed E-state index contributed by atoms with van der Waals surface area (Å²) in [6, 6.07) is 3.73. The molecule has 0 unspecified atom stereocenters. The summed E-state index contributed by atoms with van der Waals surface area (Å²) in [5.74, 6) is 1.58. The lowest BCUT2D eigenvalue weighted by molar-refractivity contribution is -0.00620. The first-order valence-electron chi connectivity index (χ1n) is 7.88. The number of β-amino-alcohol motifs (C(OH)–C–C–N with tert-alkyl or cyclic N) is 1. The number of likely N-dealkylation sites (tertiary alicyclic amines) is 1. The average molecular weight is 320 g/mol. The molecule has 4 heterocycles. The molecule has 0 amide bonds. The first-order chi connectivity index (χ1) is 11.3. The molecule has 4 rings (SSSR count). The maximum absolute atomic E-state index is 10.3. The van der Waals surface area contributed by atoms with Crippen molar-refractivity contribution in [2.75, 3.05) is 39.4 Å². The van der Waals surface area contributed by atoms with Crippen LogP contribution >= 0.6 is 0 Å². The maximum Gasteiger partial charge on any atom is 0.241 e. The molecule has 124 valence electrons. The highest BCUT2D eigenvalue weighted by atomic mass is 16.5. The fourth-order valence-electron chi connectivity index (χ4n) is 3.26. The largest absolute Gasteiger partial charge is 0.461 e. The summed E-state index contributed by atoms with van der Waals surface area (Å²) in [5.41, 5.74) is 0. The lowest BCUT2D eigenvalue weighted by Gasteiger charge is -2.33. The van der Waals surface area contributed by atoms with Crippen LogP contribution < -0.4 is 0 Å². The molecule has 8 nitrogen and oxygen atoms in total. The smallest absolute Gasteiger partial charge is 0.241 e. The number of hydrogen-bond acceptors (Lipinski definition) is 8. The molecular weight excluding hydrogens is 300 g/mol. The summed E-state index contributed by atoms with van der Waals surface area (Å²) in [7, 11) is 0. The van der Waals surface area contributed by atoms with Crippen molar-refractivity contribution in [2.45, 2.75) is 18.7 Å². The van der Waals surface area contributed by atoms with E-state index in [0.29, 0.717) is 30.6 Å². The van der Waals surface area contributed by atoms with Gasteiger partial charge in [-0.1, -0.05) is 5.16 Å². The van der Waals surface area contributed by atoms with Gasteiger partial charge >= 0.3 is 0 Å². The van der Waals surface area contributed by atoms with E-state index in [1.165, 1.54) is 0 Å². The fourth-order valence-corrected chi connectivity index (χ4v) is 3.26. The Morgan fingerprint density at radius 3 is 2.91 bits per heavy atom. The predicted molar refractivity (Wildman–Crippen MR) is 79.5 cm³/mol. The Kier molecular flexibility index (Phi) is 4.13. The van der Waals surface area contributed by atoms with Crippen LogP contribution in [0, 0.1) is 0 Å². The van der Waals surface area contributed by atoms with Gasteiger partial charge < -0.3 is 18.8 Å². The molecule has 1 N–H and O–H groups in total.